The Hall–Kier alpha value is -1.51. The van der Waals surface area contributed by atoms with Gasteiger partial charge in [0.2, 0.25) is 0 Å². The number of ether oxygens (including phenoxy) is 1. The van der Waals surface area contributed by atoms with E-state index in [9.17, 15) is 0 Å². The van der Waals surface area contributed by atoms with Crippen LogP contribution >= 0.6 is 11.6 Å². The summed E-state index contributed by atoms with van der Waals surface area (Å²) < 4.78 is 5.95. The third-order valence-corrected chi connectivity index (χ3v) is 3.69. The molecule has 0 spiro atoms. The Bertz CT molecular complexity index is 599. The van der Waals surface area contributed by atoms with E-state index in [0.717, 1.165) is 38.6 Å². The van der Waals surface area contributed by atoms with Gasteiger partial charge in [-0.3, -0.25) is 0 Å². The van der Waals surface area contributed by atoms with E-state index in [2.05, 4.69) is 12.1 Å². The van der Waals surface area contributed by atoms with Gasteiger partial charge in [-0.25, -0.2) is 0 Å². The molecule has 2 aromatic carbocycles. The van der Waals surface area contributed by atoms with Crippen molar-refractivity contribution in [2.24, 2.45) is 5.73 Å². The maximum Gasteiger partial charge on any atom is 0.125 e. The van der Waals surface area contributed by atoms with Gasteiger partial charge in [-0.2, -0.15) is 0 Å². The van der Waals surface area contributed by atoms with Crippen molar-refractivity contribution < 1.29 is 4.74 Å². The molecule has 0 amide bonds. The lowest BCUT2D eigenvalue weighted by atomic mass is 10.1. The highest BCUT2D eigenvalue weighted by Crippen LogP contribution is 2.27. The van der Waals surface area contributed by atoms with Gasteiger partial charge in [-0.15, -0.1) is 0 Å². The van der Waals surface area contributed by atoms with Crippen molar-refractivity contribution in [3.63, 3.8) is 0 Å². The quantitative estimate of drug-likeness (QED) is 0.910. The molecule has 2 nitrogen and oxygen atoms in total. The van der Waals surface area contributed by atoms with E-state index < -0.39 is 0 Å². The van der Waals surface area contributed by atoms with E-state index in [1.54, 1.807) is 0 Å². The average molecular weight is 290 g/mol. The first-order chi connectivity index (χ1) is 9.51. The summed E-state index contributed by atoms with van der Waals surface area (Å²) in [5.41, 5.74) is 11.2. The summed E-state index contributed by atoms with van der Waals surface area (Å²) in [5, 5.41) is 0.749. The van der Waals surface area contributed by atoms with Crippen molar-refractivity contribution in [1.82, 2.24) is 0 Å². The van der Waals surface area contributed by atoms with Crippen LogP contribution in [0.5, 0.6) is 5.75 Å². The summed E-state index contributed by atoms with van der Waals surface area (Å²) in [6, 6.07) is 10.1. The van der Waals surface area contributed by atoms with E-state index >= 15 is 0 Å². The second kappa shape index (κ2) is 6.29. The first kappa shape index (κ1) is 14.9. The van der Waals surface area contributed by atoms with Crippen LogP contribution in [0.1, 0.15) is 27.8 Å². The van der Waals surface area contributed by atoms with Gasteiger partial charge in [0.05, 0.1) is 0 Å². The van der Waals surface area contributed by atoms with E-state index in [-0.39, 0.29) is 0 Å². The minimum Gasteiger partial charge on any atom is -0.488 e. The van der Waals surface area contributed by atoms with Crippen molar-refractivity contribution in [3.8, 4) is 5.75 Å². The first-order valence-electron chi connectivity index (χ1n) is 6.69. The minimum atomic E-state index is 0.475. The molecule has 3 heteroatoms. The maximum absolute atomic E-state index is 6.23. The van der Waals surface area contributed by atoms with Crippen LogP contribution in [0.25, 0.3) is 0 Å². The van der Waals surface area contributed by atoms with Crippen molar-refractivity contribution in [2.75, 3.05) is 0 Å². The molecule has 0 aliphatic carbocycles. The molecule has 2 rings (SSSR count). The van der Waals surface area contributed by atoms with Crippen LogP contribution < -0.4 is 10.5 Å². The second-order valence-corrected chi connectivity index (χ2v) is 5.55. The van der Waals surface area contributed by atoms with E-state index in [4.69, 9.17) is 22.1 Å². The zero-order chi connectivity index (χ0) is 14.7. The van der Waals surface area contributed by atoms with E-state index in [1.807, 2.05) is 39.0 Å². The van der Waals surface area contributed by atoms with Crippen LogP contribution in [-0.2, 0) is 13.2 Å². The van der Waals surface area contributed by atoms with Crippen LogP contribution in [0, 0.1) is 20.8 Å². The Kier molecular flexibility index (Phi) is 4.69. The Morgan fingerprint density at radius 1 is 1.05 bits per heavy atom. The van der Waals surface area contributed by atoms with Gasteiger partial charge in [0.15, 0.2) is 0 Å². The van der Waals surface area contributed by atoms with Crippen LogP contribution in [0.3, 0.4) is 0 Å². The van der Waals surface area contributed by atoms with Gasteiger partial charge in [-0.1, -0.05) is 35.9 Å². The molecule has 106 valence electrons. The molecule has 0 radical (unpaired) electrons. The van der Waals surface area contributed by atoms with Gasteiger partial charge < -0.3 is 10.5 Å². The molecule has 20 heavy (non-hydrogen) atoms. The number of halogens is 1. The summed E-state index contributed by atoms with van der Waals surface area (Å²) >= 11 is 6.23. The fourth-order valence-corrected chi connectivity index (χ4v) is 2.59. The van der Waals surface area contributed by atoms with Crippen molar-refractivity contribution in [3.05, 3.63) is 63.2 Å². The smallest absolute Gasteiger partial charge is 0.125 e. The molecule has 0 heterocycles. The van der Waals surface area contributed by atoms with Gasteiger partial charge in [0, 0.05) is 17.1 Å². The van der Waals surface area contributed by atoms with E-state index in [0.29, 0.717) is 13.2 Å². The molecule has 2 N–H and O–H groups in total. The highest BCUT2D eigenvalue weighted by atomic mass is 35.5. The molecule has 0 bridgehead atoms. The summed E-state index contributed by atoms with van der Waals surface area (Å²) in [7, 11) is 0. The lowest BCUT2D eigenvalue weighted by Crippen LogP contribution is -2.03. The highest BCUT2D eigenvalue weighted by molar-refractivity contribution is 6.31. The number of aryl methyl sites for hydroxylation is 3. The zero-order valence-electron chi connectivity index (χ0n) is 12.2. The normalized spacial score (nSPS) is 10.7. The predicted molar refractivity (Wildman–Crippen MR) is 84.3 cm³/mol. The standard InChI is InChI=1S/C17H20ClNO/c1-11-4-5-15(16(18)6-11)10-20-17-12(2)7-14(9-19)8-13(17)3/h4-8H,9-10,19H2,1-3H3. The molecule has 0 unspecified atom stereocenters. The molecule has 0 aliphatic rings. The lowest BCUT2D eigenvalue weighted by molar-refractivity contribution is 0.302. The van der Waals surface area contributed by atoms with Crippen LogP contribution in [0.2, 0.25) is 5.02 Å². The van der Waals surface area contributed by atoms with Crippen LogP contribution in [0.4, 0.5) is 0 Å². The van der Waals surface area contributed by atoms with Crippen LogP contribution in [-0.4, -0.2) is 0 Å². The SMILES string of the molecule is Cc1ccc(COc2c(C)cc(CN)cc2C)c(Cl)c1. The number of benzene rings is 2. The molecule has 0 atom stereocenters. The van der Waals surface area contributed by atoms with Gasteiger partial charge in [0.25, 0.3) is 0 Å². The molecular formula is C17H20ClNO. The fourth-order valence-electron chi connectivity index (χ4n) is 2.30. The van der Waals surface area contributed by atoms with Gasteiger partial charge in [0.1, 0.15) is 12.4 Å². The molecule has 0 saturated heterocycles. The summed E-state index contributed by atoms with van der Waals surface area (Å²) in [5.74, 6) is 0.916. The number of hydrogen-bond acceptors (Lipinski definition) is 2. The summed E-state index contributed by atoms with van der Waals surface area (Å²) in [4.78, 5) is 0. The lowest BCUT2D eigenvalue weighted by Gasteiger charge is -2.14. The second-order valence-electron chi connectivity index (χ2n) is 5.15. The van der Waals surface area contributed by atoms with Crippen LogP contribution in [0.15, 0.2) is 30.3 Å². The number of rotatable bonds is 4. The van der Waals surface area contributed by atoms with Crippen molar-refractivity contribution >= 4 is 11.6 Å². The molecule has 2 aromatic rings. The monoisotopic (exact) mass is 289 g/mol. The zero-order valence-corrected chi connectivity index (χ0v) is 12.9. The third kappa shape index (κ3) is 3.33. The average Bonchev–Trinajstić information content (AvgIpc) is 2.39. The summed E-state index contributed by atoms with van der Waals surface area (Å²) in [6.45, 7) is 7.13. The van der Waals surface area contributed by atoms with Crippen molar-refractivity contribution in [1.29, 1.82) is 0 Å². The predicted octanol–water partition coefficient (Wildman–Crippen LogP) is 4.30. The van der Waals surface area contributed by atoms with Crippen molar-refractivity contribution in [2.45, 2.75) is 33.9 Å². The third-order valence-electron chi connectivity index (χ3n) is 3.34. The van der Waals surface area contributed by atoms with Gasteiger partial charge in [-0.05, 0) is 49.1 Å². The Balaban J connectivity index is 2.19. The number of hydrogen-bond donors (Lipinski definition) is 1. The molecule has 0 fully saturated rings. The summed E-state index contributed by atoms with van der Waals surface area (Å²) in [6.07, 6.45) is 0. The minimum absolute atomic E-state index is 0.475. The first-order valence-corrected chi connectivity index (χ1v) is 7.07. The van der Waals surface area contributed by atoms with Gasteiger partial charge >= 0.3 is 0 Å². The Morgan fingerprint density at radius 3 is 2.25 bits per heavy atom. The topological polar surface area (TPSA) is 35.2 Å². The molecule has 0 saturated carbocycles. The molecule has 0 aliphatic heterocycles. The fraction of sp³-hybridized carbons (Fsp3) is 0.294. The van der Waals surface area contributed by atoms with E-state index in [1.165, 1.54) is 0 Å². The maximum atomic E-state index is 6.23. The molecular weight excluding hydrogens is 270 g/mol. The number of nitrogens with two attached hydrogens (primary N) is 1. The Labute approximate surface area is 125 Å². The largest absolute Gasteiger partial charge is 0.488 e. The highest BCUT2D eigenvalue weighted by Gasteiger charge is 2.08. The Morgan fingerprint density at radius 2 is 1.70 bits per heavy atom. The molecule has 0 aromatic heterocycles.